The van der Waals surface area contributed by atoms with Gasteiger partial charge < -0.3 is 19.3 Å². The molecule has 29 heavy (non-hydrogen) atoms. The summed E-state index contributed by atoms with van der Waals surface area (Å²) < 4.78 is 11.0. The molecular formula is C24H30N2O3. The molecule has 0 bridgehead atoms. The van der Waals surface area contributed by atoms with E-state index in [2.05, 4.69) is 24.1 Å². The summed E-state index contributed by atoms with van der Waals surface area (Å²) in [4.78, 5) is 17.3. The Balaban J connectivity index is 1.41. The molecular weight excluding hydrogens is 364 g/mol. The molecule has 0 saturated carbocycles. The topological polar surface area (TPSA) is 42.0 Å². The number of hydrogen-bond acceptors (Lipinski definition) is 4. The SMILES string of the molecule is COc1ccc([C@H]2CN(C)[C@@H]3CCN(C(=O)COc4ccc(C)cc4)C[C@H]23)cc1. The van der Waals surface area contributed by atoms with Gasteiger partial charge in [-0.1, -0.05) is 29.8 Å². The minimum absolute atomic E-state index is 0.0760. The number of piperidine rings is 1. The Hall–Kier alpha value is -2.53. The van der Waals surface area contributed by atoms with E-state index in [9.17, 15) is 4.79 Å². The van der Waals surface area contributed by atoms with E-state index in [4.69, 9.17) is 9.47 Å². The average Bonchev–Trinajstić information content (AvgIpc) is 3.09. The fraction of sp³-hybridized carbons (Fsp3) is 0.458. The Bertz CT molecular complexity index is 834. The van der Waals surface area contributed by atoms with Crippen molar-refractivity contribution in [3.8, 4) is 11.5 Å². The van der Waals surface area contributed by atoms with Crippen LogP contribution in [0.2, 0.25) is 0 Å². The van der Waals surface area contributed by atoms with Crippen molar-refractivity contribution in [2.75, 3.05) is 40.4 Å². The van der Waals surface area contributed by atoms with E-state index in [0.717, 1.165) is 37.6 Å². The Kier molecular flexibility index (Phi) is 5.76. The van der Waals surface area contributed by atoms with Crippen molar-refractivity contribution in [1.29, 1.82) is 0 Å². The van der Waals surface area contributed by atoms with Gasteiger partial charge in [-0.05, 0) is 50.2 Å². The summed E-state index contributed by atoms with van der Waals surface area (Å²) in [6, 6.07) is 16.8. The average molecular weight is 395 g/mol. The highest BCUT2D eigenvalue weighted by Gasteiger charge is 2.44. The van der Waals surface area contributed by atoms with Gasteiger partial charge in [-0.2, -0.15) is 0 Å². The Morgan fingerprint density at radius 3 is 2.41 bits per heavy atom. The molecule has 2 saturated heterocycles. The molecule has 1 amide bonds. The zero-order chi connectivity index (χ0) is 20.4. The first kappa shape index (κ1) is 19.8. The molecule has 2 aromatic carbocycles. The smallest absolute Gasteiger partial charge is 0.260 e. The minimum atomic E-state index is 0.0760. The van der Waals surface area contributed by atoms with Crippen molar-refractivity contribution in [3.05, 3.63) is 59.7 Å². The lowest BCUT2D eigenvalue weighted by atomic mass is 9.82. The van der Waals surface area contributed by atoms with Gasteiger partial charge in [0.05, 0.1) is 7.11 Å². The number of likely N-dealkylation sites (tertiary alicyclic amines) is 2. The van der Waals surface area contributed by atoms with Crippen LogP contribution in [0.1, 0.15) is 23.5 Å². The molecule has 4 rings (SSSR count). The van der Waals surface area contributed by atoms with E-state index in [0.29, 0.717) is 17.9 Å². The number of carbonyl (C=O) groups is 1. The molecule has 5 nitrogen and oxygen atoms in total. The summed E-state index contributed by atoms with van der Waals surface area (Å²) >= 11 is 0. The van der Waals surface area contributed by atoms with E-state index in [1.165, 1.54) is 11.1 Å². The number of amides is 1. The van der Waals surface area contributed by atoms with Crippen LogP contribution in [0.5, 0.6) is 11.5 Å². The lowest BCUT2D eigenvalue weighted by Gasteiger charge is -2.38. The lowest BCUT2D eigenvalue weighted by molar-refractivity contribution is -0.135. The van der Waals surface area contributed by atoms with Crippen molar-refractivity contribution >= 4 is 5.91 Å². The second-order valence-electron chi connectivity index (χ2n) is 8.28. The molecule has 0 unspecified atom stereocenters. The summed E-state index contributed by atoms with van der Waals surface area (Å²) in [6.45, 7) is 4.77. The fourth-order valence-corrected chi connectivity index (χ4v) is 4.79. The van der Waals surface area contributed by atoms with Crippen molar-refractivity contribution in [1.82, 2.24) is 9.80 Å². The number of aryl methyl sites for hydroxylation is 1. The van der Waals surface area contributed by atoms with Gasteiger partial charge in [0.1, 0.15) is 11.5 Å². The molecule has 0 spiro atoms. The van der Waals surface area contributed by atoms with Crippen LogP contribution in [0.4, 0.5) is 0 Å². The fourth-order valence-electron chi connectivity index (χ4n) is 4.79. The van der Waals surface area contributed by atoms with Gasteiger partial charge in [0.2, 0.25) is 0 Å². The molecule has 2 aliphatic heterocycles. The number of fused-ring (bicyclic) bond motifs is 1. The molecule has 0 aliphatic carbocycles. The molecule has 0 radical (unpaired) electrons. The van der Waals surface area contributed by atoms with E-state index < -0.39 is 0 Å². The second-order valence-corrected chi connectivity index (χ2v) is 8.28. The maximum absolute atomic E-state index is 12.8. The third kappa shape index (κ3) is 4.25. The first-order chi connectivity index (χ1) is 14.0. The first-order valence-corrected chi connectivity index (χ1v) is 10.4. The molecule has 2 aliphatic rings. The second kappa shape index (κ2) is 8.46. The number of methoxy groups -OCH3 is 1. The van der Waals surface area contributed by atoms with Crippen LogP contribution in [0.15, 0.2) is 48.5 Å². The van der Waals surface area contributed by atoms with Gasteiger partial charge in [0.25, 0.3) is 5.91 Å². The number of nitrogens with zero attached hydrogens (tertiary/aromatic N) is 2. The Morgan fingerprint density at radius 1 is 1.03 bits per heavy atom. The van der Waals surface area contributed by atoms with Gasteiger partial charge in [-0.25, -0.2) is 0 Å². The minimum Gasteiger partial charge on any atom is -0.497 e. The number of rotatable bonds is 5. The monoisotopic (exact) mass is 394 g/mol. The molecule has 3 atom stereocenters. The molecule has 2 aromatic rings. The van der Waals surface area contributed by atoms with Gasteiger partial charge in [0, 0.05) is 37.5 Å². The maximum atomic E-state index is 12.8. The van der Waals surface area contributed by atoms with E-state index >= 15 is 0 Å². The normalized spacial score (nSPS) is 24.2. The van der Waals surface area contributed by atoms with Crippen LogP contribution in [0.3, 0.4) is 0 Å². The van der Waals surface area contributed by atoms with Crippen molar-refractivity contribution in [3.63, 3.8) is 0 Å². The van der Waals surface area contributed by atoms with Crippen LogP contribution < -0.4 is 9.47 Å². The standard InChI is InChI=1S/C24H30N2O3/c1-17-4-8-20(9-5-17)29-16-24(27)26-13-12-23-22(15-26)21(14-25(23)2)18-6-10-19(28-3)11-7-18/h4-11,21-23H,12-16H2,1-3H3/t21-,22-,23-/m1/s1. The van der Waals surface area contributed by atoms with Crippen LogP contribution >= 0.6 is 0 Å². The van der Waals surface area contributed by atoms with Crippen molar-refractivity contribution < 1.29 is 14.3 Å². The van der Waals surface area contributed by atoms with Gasteiger partial charge in [-0.15, -0.1) is 0 Å². The lowest BCUT2D eigenvalue weighted by Crippen LogP contribution is -2.49. The predicted octanol–water partition coefficient (Wildman–Crippen LogP) is 3.33. The van der Waals surface area contributed by atoms with Crippen molar-refractivity contribution in [2.24, 2.45) is 5.92 Å². The third-order valence-electron chi connectivity index (χ3n) is 6.47. The van der Waals surface area contributed by atoms with Crippen LogP contribution in [0.25, 0.3) is 0 Å². The predicted molar refractivity (Wildman–Crippen MR) is 114 cm³/mol. The van der Waals surface area contributed by atoms with E-state index in [1.807, 2.05) is 48.2 Å². The van der Waals surface area contributed by atoms with Crippen LogP contribution in [0, 0.1) is 12.8 Å². The third-order valence-corrected chi connectivity index (χ3v) is 6.47. The van der Waals surface area contributed by atoms with Gasteiger partial charge >= 0.3 is 0 Å². The van der Waals surface area contributed by atoms with E-state index in [1.54, 1.807) is 7.11 Å². The number of ether oxygens (including phenoxy) is 2. The summed E-state index contributed by atoms with van der Waals surface area (Å²) in [5.41, 5.74) is 2.51. The largest absolute Gasteiger partial charge is 0.497 e. The summed E-state index contributed by atoms with van der Waals surface area (Å²) in [5.74, 6) is 2.59. The number of benzene rings is 2. The Labute approximate surface area is 173 Å². The molecule has 5 heteroatoms. The molecule has 0 aromatic heterocycles. The Morgan fingerprint density at radius 2 is 1.72 bits per heavy atom. The maximum Gasteiger partial charge on any atom is 0.260 e. The van der Waals surface area contributed by atoms with Crippen LogP contribution in [-0.2, 0) is 4.79 Å². The quantitative estimate of drug-likeness (QED) is 0.780. The highest BCUT2D eigenvalue weighted by molar-refractivity contribution is 5.78. The molecule has 0 N–H and O–H groups in total. The van der Waals surface area contributed by atoms with Crippen molar-refractivity contribution in [2.45, 2.75) is 25.3 Å². The van der Waals surface area contributed by atoms with Crippen LogP contribution in [-0.4, -0.2) is 62.1 Å². The first-order valence-electron chi connectivity index (χ1n) is 10.4. The van der Waals surface area contributed by atoms with E-state index in [-0.39, 0.29) is 12.5 Å². The zero-order valence-corrected chi connectivity index (χ0v) is 17.5. The summed E-state index contributed by atoms with van der Waals surface area (Å²) in [7, 11) is 3.90. The summed E-state index contributed by atoms with van der Waals surface area (Å²) in [5, 5.41) is 0. The molecule has 2 heterocycles. The number of hydrogen-bond donors (Lipinski definition) is 0. The number of likely N-dealkylation sites (N-methyl/N-ethyl adjacent to an activating group) is 1. The highest BCUT2D eigenvalue weighted by atomic mass is 16.5. The molecule has 154 valence electrons. The highest BCUT2D eigenvalue weighted by Crippen LogP contribution is 2.41. The van der Waals surface area contributed by atoms with Gasteiger partial charge in [0.15, 0.2) is 6.61 Å². The molecule has 2 fully saturated rings. The zero-order valence-electron chi connectivity index (χ0n) is 17.5. The van der Waals surface area contributed by atoms with Gasteiger partial charge in [-0.3, -0.25) is 4.79 Å². The number of carbonyl (C=O) groups excluding carboxylic acids is 1. The summed E-state index contributed by atoms with van der Waals surface area (Å²) in [6.07, 6.45) is 1.02.